The maximum absolute atomic E-state index is 12.6. The average molecular weight is 505 g/mol. The molecule has 3 rings (SSSR count). The molecule has 3 aromatic carbocycles. The third kappa shape index (κ3) is 6.83. The molecule has 0 spiro atoms. The zero-order valence-corrected chi connectivity index (χ0v) is 20.0. The third-order valence-corrected chi connectivity index (χ3v) is 7.88. The number of nitrogens with two attached hydrogens (primary N) is 1. The van der Waals surface area contributed by atoms with Crippen LogP contribution >= 0.6 is 12.2 Å². The molecule has 0 amide bonds. The molecule has 0 bridgehead atoms. The molecule has 0 saturated carbocycles. The van der Waals surface area contributed by atoms with Crippen molar-refractivity contribution in [2.75, 3.05) is 11.9 Å². The van der Waals surface area contributed by atoms with E-state index in [0.717, 1.165) is 11.1 Å². The Morgan fingerprint density at radius 1 is 0.788 bits per heavy atom. The van der Waals surface area contributed by atoms with Gasteiger partial charge in [0.15, 0.2) is 5.11 Å². The van der Waals surface area contributed by atoms with Gasteiger partial charge in [-0.1, -0.05) is 48.5 Å². The zero-order chi connectivity index (χ0) is 23.9. The molecular weight excluding hydrogens is 480 g/mol. The SMILES string of the molecule is NCc1ccccc1NC(=S)NS(=O)(=O)c1ccc(CCNS(=O)(=O)c2ccccc2)cc1. The molecule has 0 aliphatic heterocycles. The topological polar surface area (TPSA) is 130 Å². The first-order valence-electron chi connectivity index (χ1n) is 9.97. The van der Waals surface area contributed by atoms with Crippen LogP contribution in [0.1, 0.15) is 11.1 Å². The van der Waals surface area contributed by atoms with E-state index >= 15 is 0 Å². The predicted molar refractivity (Wildman–Crippen MR) is 133 cm³/mol. The molecule has 5 N–H and O–H groups in total. The largest absolute Gasteiger partial charge is 0.332 e. The third-order valence-electron chi connectivity index (χ3n) is 4.71. The summed E-state index contributed by atoms with van der Waals surface area (Å²) in [5.74, 6) is 0. The van der Waals surface area contributed by atoms with E-state index in [0.29, 0.717) is 12.1 Å². The number of hydrogen-bond acceptors (Lipinski definition) is 6. The van der Waals surface area contributed by atoms with Gasteiger partial charge in [0, 0.05) is 18.8 Å². The van der Waals surface area contributed by atoms with Gasteiger partial charge in [-0.15, -0.1) is 0 Å². The van der Waals surface area contributed by atoms with Crippen molar-refractivity contribution in [2.45, 2.75) is 22.8 Å². The molecule has 0 saturated heterocycles. The van der Waals surface area contributed by atoms with E-state index in [4.69, 9.17) is 18.0 Å². The monoisotopic (exact) mass is 504 g/mol. The van der Waals surface area contributed by atoms with Crippen molar-refractivity contribution >= 4 is 43.1 Å². The van der Waals surface area contributed by atoms with Gasteiger partial charge in [-0.2, -0.15) is 0 Å². The summed E-state index contributed by atoms with van der Waals surface area (Å²) in [6.07, 6.45) is 0.398. The fourth-order valence-electron chi connectivity index (χ4n) is 3.00. The fourth-order valence-corrected chi connectivity index (χ4v) is 5.40. The van der Waals surface area contributed by atoms with Crippen LogP contribution in [0.15, 0.2) is 88.7 Å². The Labute approximate surface area is 199 Å². The maximum Gasteiger partial charge on any atom is 0.263 e. The molecule has 0 aliphatic rings. The van der Waals surface area contributed by atoms with E-state index in [1.807, 2.05) is 12.1 Å². The molecule has 0 heterocycles. The number of nitrogens with one attached hydrogen (secondary N) is 3. The normalized spacial score (nSPS) is 11.7. The number of thiocarbonyl (C=S) groups is 1. The van der Waals surface area contributed by atoms with Gasteiger partial charge in [0.05, 0.1) is 9.79 Å². The number of benzene rings is 3. The van der Waals surface area contributed by atoms with Gasteiger partial charge in [0.25, 0.3) is 10.0 Å². The maximum atomic E-state index is 12.6. The van der Waals surface area contributed by atoms with Crippen molar-refractivity contribution in [1.82, 2.24) is 9.44 Å². The molecule has 0 aromatic heterocycles. The smallest absolute Gasteiger partial charge is 0.263 e. The lowest BCUT2D eigenvalue weighted by Crippen LogP contribution is -2.34. The summed E-state index contributed by atoms with van der Waals surface area (Å²) >= 11 is 5.14. The first kappa shape index (κ1) is 24.8. The van der Waals surface area contributed by atoms with Crippen LogP contribution in [0, 0.1) is 0 Å². The molecule has 0 radical (unpaired) electrons. The first-order chi connectivity index (χ1) is 15.7. The van der Waals surface area contributed by atoms with Crippen molar-refractivity contribution in [3.63, 3.8) is 0 Å². The van der Waals surface area contributed by atoms with Gasteiger partial charge in [-0.05, 0) is 60.1 Å². The Hall–Kier alpha value is -2.83. The van der Waals surface area contributed by atoms with E-state index in [-0.39, 0.29) is 28.0 Å². The first-order valence-corrected chi connectivity index (χ1v) is 13.3. The molecule has 33 heavy (non-hydrogen) atoms. The van der Waals surface area contributed by atoms with Crippen LogP contribution in [0.3, 0.4) is 0 Å². The highest BCUT2D eigenvalue weighted by Crippen LogP contribution is 2.15. The minimum atomic E-state index is -3.89. The van der Waals surface area contributed by atoms with Gasteiger partial charge in [0.2, 0.25) is 10.0 Å². The number of anilines is 1. The second-order valence-electron chi connectivity index (χ2n) is 7.03. The highest BCUT2D eigenvalue weighted by molar-refractivity contribution is 7.92. The lowest BCUT2D eigenvalue weighted by atomic mass is 10.2. The summed E-state index contributed by atoms with van der Waals surface area (Å²) in [7, 11) is -7.48. The number of hydrogen-bond donors (Lipinski definition) is 4. The molecule has 0 unspecified atom stereocenters. The molecule has 8 nitrogen and oxygen atoms in total. The number of rotatable bonds is 9. The Morgan fingerprint density at radius 3 is 2.06 bits per heavy atom. The average Bonchev–Trinajstić information content (AvgIpc) is 2.80. The second-order valence-corrected chi connectivity index (χ2v) is 10.9. The van der Waals surface area contributed by atoms with Crippen molar-refractivity contribution in [3.05, 3.63) is 90.0 Å². The fraction of sp³-hybridized carbons (Fsp3) is 0.136. The van der Waals surface area contributed by atoms with Crippen LogP contribution in [0.2, 0.25) is 0 Å². The number of para-hydroxylation sites is 1. The Morgan fingerprint density at radius 2 is 1.39 bits per heavy atom. The Balaban J connectivity index is 1.57. The standard InChI is InChI=1S/C22H24N4O4S3/c23-16-18-6-4-5-9-21(18)25-22(31)26-33(29,30)20-12-10-17(11-13-20)14-15-24-32(27,28)19-7-2-1-3-8-19/h1-13,24H,14-16,23H2,(H2,25,26,31). The van der Waals surface area contributed by atoms with Crippen LogP contribution in [0.5, 0.6) is 0 Å². The van der Waals surface area contributed by atoms with Crippen molar-refractivity contribution in [1.29, 1.82) is 0 Å². The lowest BCUT2D eigenvalue weighted by Gasteiger charge is -2.14. The van der Waals surface area contributed by atoms with Crippen LogP contribution < -0.4 is 20.5 Å². The molecule has 0 atom stereocenters. The van der Waals surface area contributed by atoms with Crippen LogP contribution in [0.25, 0.3) is 0 Å². The molecular formula is C22H24N4O4S3. The van der Waals surface area contributed by atoms with Gasteiger partial charge in [-0.3, -0.25) is 4.72 Å². The van der Waals surface area contributed by atoms with E-state index in [9.17, 15) is 16.8 Å². The lowest BCUT2D eigenvalue weighted by molar-refractivity contribution is 0.581. The molecule has 0 aliphatic carbocycles. The van der Waals surface area contributed by atoms with Crippen molar-refractivity contribution in [2.24, 2.45) is 5.73 Å². The summed E-state index contributed by atoms with van der Waals surface area (Å²) in [4.78, 5) is 0.226. The quantitative estimate of drug-likeness (QED) is 0.329. The van der Waals surface area contributed by atoms with Gasteiger partial charge in [-0.25, -0.2) is 21.6 Å². The van der Waals surface area contributed by atoms with Gasteiger partial charge < -0.3 is 11.1 Å². The molecule has 0 fully saturated rings. The number of sulfonamides is 2. The second kappa shape index (κ2) is 10.9. The summed E-state index contributed by atoms with van der Waals surface area (Å²) < 4.78 is 54.7. The predicted octanol–water partition coefficient (Wildman–Crippen LogP) is 2.34. The van der Waals surface area contributed by atoms with Crippen molar-refractivity contribution < 1.29 is 16.8 Å². The van der Waals surface area contributed by atoms with E-state index < -0.39 is 20.0 Å². The molecule has 174 valence electrons. The van der Waals surface area contributed by atoms with Crippen LogP contribution in [-0.4, -0.2) is 28.5 Å². The summed E-state index contributed by atoms with van der Waals surface area (Å²) in [5, 5.41) is 2.78. The van der Waals surface area contributed by atoms with Crippen LogP contribution in [-0.2, 0) is 33.0 Å². The Bertz CT molecular complexity index is 1310. The summed E-state index contributed by atoms with van der Waals surface area (Å²) in [6.45, 7) is 0.456. The highest BCUT2D eigenvalue weighted by atomic mass is 32.2. The van der Waals surface area contributed by atoms with Crippen molar-refractivity contribution in [3.8, 4) is 0 Å². The Kier molecular flexibility index (Phi) is 8.16. The molecule has 3 aromatic rings. The minimum Gasteiger partial charge on any atom is -0.332 e. The molecule has 11 heteroatoms. The van der Waals surface area contributed by atoms with Gasteiger partial charge >= 0.3 is 0 Å². The highest BCUT2D eigenvalue weighted by Gasteiger charge is 2.17. The minimum absolute atomic E-state index is 0.0346. The van der Waals surface area contributed by atoms with Gasteiger partial charge in [0.1, 0.15) is 0 Å². The van der Waals surface area contributed by atoms with Crippen LogP contribution in [0.4, 0.5) is 5.69 Å². The summed E-state index contributed by atoms with van der Waals surface area (Å²) in [6, 6.07) is 21.4. The zero-order valence-electron chi connectivity index (χ0n) is 17.6. The van der Waals surface area contributed by atoms with E-state index in [1.165, 1.54) is 24.3 Å². The van der Waals surface area contributed by atoms with E-state index in [2.05, 4.69) is 14.8 Å². The summed E-state index contributed by atoms with van der Waals surface area (Å²) in [5.41, 5.74) is 7.89. The van der Waals surface area contributed by atoms with E-state index in [1.54, 1.807) is 42.5 Å².